The van der Waals surface area contributed by atoms with E-state index < -0.39 is 17.6 Å². The second-order valence-corrected chi connectivity index (χ2v) is 8.66. The molecule has 10 heteroatoms. The number of nitrogens with zero attached hydrogens (tertiary/aromatic N) is 3. The van der Waals surface area contributed by atoms with Gasteiger partial charge in [-0.25, -0.2) is 9.37 Å². The van der Waals surface area contributed by atoms with Crippen LogP contribution in [0.15, 0.2) is 72.9 Å². The second kappa shape index (κ2) is 10.8. The van der Waals surface area contributed by atoms with Gasteiger partial charge in [0.1, 0.15) is 11.6 Å². The summed E-state index contributed by atoms with van der Waals surface area (Å²) in [6.07, 6.45) is -2.97. The Balaban J connectivity index is 1.72. The van der Waals surface area contributed by atoms with E-state index in [1.807, 2.05) is 43.3 Å². The zero-order chi connectivity index (χ0) is 26.6. The molecule has 0 atom stereocenters. The first-order valence-electron chi connectivity index (χ1n) is 11.4. The first-order chi connectivity index (χ1) is 17.6. The van der Waals surface area contributed by atoms with E-state index in [4.69, 9.17) is 0 Å². The molecule has 3 aromatic carbocycles. The van der Waals surface area contributed by atoms with Crippen molar-refractivity contribution in [3.05, 3.63) is 89.9 Å². The molecular weight excluding hydrogens is 484 g/mol. The third-order valence-electron chi connectivity index (χ3n) is 5.50. The van der Waals surface area contributed by atoms with Gasteiger partial charge in [0, 0.05) is 36.7 Å². The summed E-state index contributed by atoms with van der Waals surface area (Å²) in [5.41, 5.74) is 2.75. The summed E-state index contributed by atoms with van der Waals surface area (Å²) in [5.74, 6) is -0.0407. The summed E-state index contributed by atoms with van der Waals surface area (Å²) in [6, 6.07) is 16.9. The lowest BCUT2D eigenvalue weighted by molar-refractivity contribution is -0.137. The maximum absolute atomic E-state index is 14.6. The molecule has 1 heterocycles. The van der Waals surface area contributed by atoms with Crippen molar-refractivity contribution < 1.29 is 17.6 Å². The van der Waals surface area contributed by atoms with E-state index >= 15 is 0 Å². The molecule has 0 aliphatic heterocycles. The average molecular weight is 511 g/mol. The number of hydrogen-bond acceptors (Lipinski definition) is 6. The molecule has 0 radical (unpaired) electrons. The van der Waals surface area contributed by atoms with E-state index in [-0.39, 0.29) is 17.5 Å². The van der Waals surface area contributed by atoms with Gasteiger partial charge in [-0.1, -0.05) is 24.3 Å². The van der Waals surface area contributed by atoms with Crippen molar-refractivity contribution in [3.63, 3.8) is 0 Å². The predicted octanol–water partition coefficient (Wildman–Crippen LogP) is 6.89. The molecule has 0 aliphatic carbocycles. The van der Waals surface area contributed by atoms with E-state index in [1.165, 1.54) is 24.4 Å². The smallest absolute Gasteiger partial charge is 0.388 e. The molecule has 0 amide bonds. The number of nitrogens with one attached hydrogen (secondary N) is 3. The first-order valence-corrected chi connectivity index (χ1v) is 11.4. The van der Waals surface area contributed by atoms with Gasteiger partial charge in [0.25, 0.3) is 0 Å². The van der Waals surface area contributed by atoms with E-state index in [9.17, 15) is 17.6 Å². The number of hydrogen-bond donors (Lipinski definition) is 3. The van der Waals surface area contributed by atoms with Gasteiger partial charge in [-0.05, 0) is 67.7 Å². The van der Waals surface area contributed by atoms with Gasteiger partial charge in [-0.3, -0.25) is 0 Å². The highest BCUT2D eigenvalue weighted by molar-refractivity contribution is 5.79. The maximum atomic E-state index is 14.6. The molecule has 3 N–H and O–H groups in total. The molecule has 0 bridgehead atoms. The Hall–Kier alpha value is -4.18. The molecule has 6 nitrogen and oxygen atoms in total. The van der Waals surface area contributed by atoms with E-state index in [1.54, 1.807) is 19.2 Å². The minimum Gasteiger partial charge on any atom is -0.388 e. The molecule has 0 aliphatic rings. The Kier molecular flexibility index (Phi) is 7.58. The summed E-state index contributed by atoms with van der Waals surface area (Å²) < 4.78 is 53.8. The number of rotatable bonds is 8. The molecule has 37 heavy (non-hydrogen) atoms. The van der Waals surface area contributed by atoms with E-state index in [2.05, 4.69) is 25.9 Å². The molecule has 0 fully saturated rings. The fourth-order valence-corrected chi connectivity index (χ4v) is 3.73. The Bertz CT molecular complexity index is 1370. The number of alkyl halides is 3. The van der Waals surface area contributed by atoms with Gasteiger partial charge in [0.15, 0.2) is 0 Å². The van der Waals surface area contributed by atoms with E-state index in [0.717, 1.165) is 29.9 Å². The van der Waals surface area contributed by atoms with Crippen molar-refractivity contribution >= 4 is 28.8 Å². The zero-order valence-corrected chi connectivity index (χ0v) is 20.5. The molecule has 4 rings (SSSR count). The van der Waals surface area contributed by atoms with Crippen LogP contribution in [0.2, 0.25) is 0 Å². The molecular formula is C27H26F4N6. The van der Waals surface area contributed by atoms with Crippen LogP contribution < -0.4 is 16.0 Å². The minimum absolute atomic E-state index is 0.151. The van der Waals surface area contributed by atoms with Crippen LogP contribution in [0.5, 0.6) is 0 Å². The molecule has 192 valence electrons. The highest BCUT2D eigenvalue weighted by Gasteiger charge is 2.30. The molecule has 0 unspecified atom stereocenters. The van der Waals surface area contributed by atoms with Gasteiger partial charge >= 0.3 is 6.18 Å². The van der Waals surface area contributed by atoms with Crippen molar-refractivity contribution in [2.24, 2.45) is 0 Å². The van der Waals surface area contributed by atoms with Crippen LogP contribution in [0.3, 0.4) is 0 Å². The van der Waals surface area contributed by atoms with Crippen LogP contribution in [0, 0.1) is 5.82 Å². The quantitative estimate of drug-likeness (QED) is 0.224. The number of halogens is 4. The van der Waals surface area contributed by atoms with Crippen LogP contribution in [-0.4, -0.2) is 36.0 Å². The molecule has 0 saturated heterocycles. The Morgan fingerprint density at radius 1 is 0.892 bits per heavy atom. The van der Waals surface area contributed by atoms with Crippen molar-refractivity contribution in [2.75, 3.05) is 37.1 Å². The van der Waals surface area contributed by atoms with Gasteiger partial charge in [0.2, 0.25) is 5.95 Å². The van der Waals surface area contributed by atoms with Crippen LogP contribution in [0.25, 0.3) is 11.1 Å². The normalized spacial score (nSPS) is 11.5. The van der Waals surface area contributed by atoms with Gasteiger partial charge in [0.05, 0.1) is 11.3 Å². The summed E-state index contributed by atoms with van der Waals surface area (Å²) >= 11 is 0. The zero-order valence-electron chi connectivity index (χ0n) is 20.5. The lowest BCUT2D eigenvalue weighted by Crippen LogP contribution is -2.10. The van der Waals surface area contributed by atoms with Crippen molar-refractivity contribution in [1.82, 2.24) is 14.9 Å². The number of benzene rings is 3. The average Bonchev–Trinajstić information content (AvgIpc) is 2.85. The Morgan fingerprint density at radius 2 is 1.65 bits per heavy atom. The van der Waals surface area contributed by atoms with Crippen LogP contribution >= 0.6 is 0 Å². The van der Waals surface area contributed by atoms with Gasteiger partial charge < -0.3 is 20.9 Å². The summed E-state index contributed by atoms with van der Waals surface area (Å²) in [6.45, 7) is 0.747. The largest absolute Gasteiger partial charge is 0.416 e. The monoisotopic (exact) mass is 510 g/mol. The van der Waals surface area contributed by atoms with Crippen molar-refractivity contribution in [1.29, 1.82) is 0 Å². The Labute approximate surface area is 212 Å². The topological polar surface area (TPSA) is 65.1 Å². The van der Waals surface area contributed by atoms with E-state index in [0.29, 0.717) is 16.8 Å². The molecule has 4 aromatic rings. The third-order valence-corrected chi connectivity index (χ3v) is 5.50. The summed E-state index contributed by atoms with van der Waals surface area (Å²) in [7, 11) is 5.66. The lowest BCUT2D eigenvalue weighted by Gasteiger charge is -2.16. The third kappa shape index (κ3) is 6.53. The van der Waals surface area contributed by atoms with Crippen LogP contribution in [-0.2, 0) is 12.7 Å². The molecule has 1 aromatic heterocycles. The molecule has 0 saturated carbocycles. The van der Waals surface area contributed by atoms with Crippen LogP contribution in [0.4, 0.5) is 46.4 Å². The van der Waals surface area contributed by atoms with Crippen molar-refractivity contribution in [3.8, 4) is 11.1 Å². The maximum Gasteiger partial charge on any atom is 0.416 e. The van der Waals surface area contributed by atoms with Crippen LogP contribution in [0.1, 0.15) is 11.1 Å². The Morgan fingerprint density at radius 3 is 2.32 bits per heavy atom. The van der Waals surface area contributed by atoms with Gasteiger partial charge in [-0.2, -0.15) is 18.2 Å². The summed E-state index contributed by atoms with van der Waals surface area (Å²) in [4.78, 5) is 11.0. The highest BCUT2D eigenvalue weighted by Crippen LogP contribution is 2.34. The fraction of sp³-hybridized carbons (Fsp3) is 0.185. The predicted molar refractivity (Wildman–Crippen MR) is 139 cm³/mol. The fourth-order valence-electron chi connectivity index (χ4n) is 3.73. The summed E-state index contributed by atoms with van der Waals surface area (Å²) in [5, 5.41) is 9.09. The first kappa shape index (κ1) is 25.9. The lowest BCUT2D eigenvalue weighted by atomic mass is 10.1. The van der Waals surface area contributed by atoms with Gasteiger partial charge in [-0.15, -0.1) is 0 Å². The number of anilines is 5. The second-order valence-electron chi connectivity index (χ2n) is 8.66. The molecule has 0 spiro atoms. The minimum atomic E-state index is -4.46. The standard InChI is InChI=1S/C27H26F4N6/c1-32-20-11-12-23(28)24(14-20)35-25-22(18-7-9-19(10-8-18)27(29,30)31)15-33-26(36-25)34-21-6-4-5-17(13-21)16-37(2)3/h4-15,32H,16H2,1-3H3,(H2,33,34,35,36). The highest BCUT2D eigenvalue weighted by atomic mass is 19.4. The van der Waals surface area contributed by atoms with Crippen molar-refractivity contribution in [2.45, 2.75) is 12.7 Å². The number of aromatic nitrogens is 2. The SMILES string of the molecule is CNc1ccc(F)c(Nc2nc(Nc3cccc(CN(C)C)c3)ncc2-c2ccc(C(F)(F)F)cc2)c1.